The van der Waals surface area contributed by atoms with Crippen LogP contribution in [-0.4, -0.2) is 23.3 Å². The van der Waals surface area contributed by atoms with E-state index in [1.165, 1.54) is 36.8 Å². The number of fused-ring (bicyclic) bond motifs is 1. The van der Waals surface area contributed by atoms with Gasteiger partial charge in [0.05, 0.1) is 11.2 Å². The first kappa shape index (κ1) is 11.6. The van der Waals surface area contributed by atoms with E-state index in [2.05, 4.69) is 40.8 Å². The zero-order valence-electron chi connectivity index (χ0n) is 10.8. The minimum Gasteiger partial charge on any atom is -0.317 e. The summed E-state index contributed by atoms with van der Waals surface area (Å²) in [6.07, 6.45) is 4.93. The molecule has 0 bridgehead atoms. The normalized spacial score (nSPS) is 24.3. The molecule has 1 heterocycles. The second-order valence-corrected chi connectivity index (χ2v) is 5.17. The van der Waals surface area contributed by atoms with E-state index in [4.69, 9.17) is 0 Å². The molecule has 1 aliphatic carbocycles. The van der Waals surface area contributed by atoms with Crippen molar-refractivity contribution < 1.29 is 0 Å². The molecule has 2 aromatic rings. The zero-order valence-corrected chi connectivity index (χ0v) is 10.8. The van der Waals surface area contributed by atoms with E-state index in [1.54, 1.807) is 0 Å². The van der Waals surface area contributed by atoms with Gasteiger partial charge in [-0.05, 0) is 44.9 Å². The van der Waals surface area contributed by atoms with Crippen LogP contribution in [0.15, 0.2) is 30.3 Å². The van der Waals surface area contributed by atoms with Crippen molar-refractivity contribution in [3.05, 3.63) is 36.0 Å². The SMILES string of the molecule is CNC1CCC(c2cc3ccccc3nn2)CC1. The van der Waals surface area contributed by atoms with Gasteiger partial charge in [-0.15, -0.1) is 0 Å². The van der Waals surface area contributed by atoms with E-state index < -0.39 is 0 Å². The van der Waals surface area contributed by atoms with Crippen LogP contribution >= 0.6 is 0 Å². The van der Waals surface area contributed by atoms with Crippen LogP contribution in [0.2, 0.25) is 0 Å². The Hall–Kier alpha value is -1.48. The quantitative estimate of drug-likeness (QED) is 0.878. The van der Waals surface area contributed by atoms with Gasteiger partial charge >= 0.3 is 0 Å². The molecule has 1 N–H and O–H groups in total. The molecule has 3 rings (SSSR count). The predicted octanol–water partition coefficient (Wildman–Crippen LogP) is 2.88. The lowest BCUT2D eigenvalue weighted by Crippen LogP contribution is -2.29. The third kappa shape index (κ3) is 2.23. The van der Waals surface area contributed by atoms with E-state index in [0.29, 0.717) is 12.0 Å². The Balaban J connectivity index is 1.82. The molecule has 18 heavy (non-hydrogen) atoms. The number of benzene rings is 1. The fourth-order valence-electron chi connectivity index (χ4n) is 2.88. The summed E-state index contributed by atoms with van der Waals surface area (Å²) in [7, 11) is 2.06. The van der Waals surface area contributed by atoms with Crippen LogP contribution in [0.4, 0.5) is 0 Å². The Morgan fingerprint density at radius 2 is 1.83 bits per heavy atom. The number of hydrogen-bond donors (Lipinski definition) is 1. The average molecular weight is 241 g/mol. The Bertz CT molecular complexity index is 530. The molecule has 0 atom stereocenters. The van der Waals surface area contributed by atoms with Gasteiger partial charge in [0.1, 0.15) is 0 Å². The van der Waals surface area contributed by atoms with Crippen molar-refractivity contribution in [2.24, 2.45) is 0 Å². The summed E-state index contributed by atoms with van der Waals surface area (Å²) in [5.41, 5.74) is 2.16. The summed E-state index contributed by atoms with van der Waals surface area (Å²) in [4.78, 5) is 0. The summed E-state index contributed by atoms with van der Waals surface area (Å²) in [5, 5.41) is 13.3. The maximum atomic E-state index is 4.41. The number of rotatable bonds is 2. The number of hydrogen-bond acceptors (Lipinski definition) is 3. The van der Waals surface area contributed by atoms with Gasteiger partial charge in [-0.1, -0.05) is 18.2 Å². The largest absolute Gasteiger partial charge is 0.317 e. The molecule has 0 aliphatic heterocycles. The molecular formula is C15H19N3. The highest BCUT2D eigenvalue weighted by molar-refractivity contribution is 5.77. The third-order valence-electron chi connectivity index (χ3n) is 4.07. The Labute approximate surface area is 108 Å². The van der Waals surface area contributed by atoms with Crippen molar-refractivity contribution in [2.75, 3.05) is 7.05 Å². The second kappa shape index (κ2) is 5.02. The number of aromatic nitrogens is 2. The lowest BCUT2D eigenvalue weighted by atomic mass is 9.84. The van der Waals surface area contributed by atoms with Crippen molar-refractivity contribution in [1.82, 2.24) is 15.5 Å². The van der Waals surface area contributed by atoms with Gasteiger partial charge in [0.15, 0.2) is 0 Å². The first-order valence-corrected chi connectivity index (χ1v) is 6.76. The molecule has 1 fully saturated rings. The molecule has 94 valence electrons. The topological polar surface area (TPSA) is 37.8 Å². The minimum atomic E-state index is 0.590. The summed E-state index contributed by atoms with van der Waals surface area (Å²) in [6, 6.07) is 11.1. The van der Waals surface area contributed by atoms with Gasteiger partial charge in [-0.25, -0.2) is 0 Å². The molecule has 1 aromatic heterocycles. The summed E-state index contributed by atoms with van der Waals surface area (Å²) in [5.74, 6) is 0.590. The number of nitrogens with one attached hydrogen (secondary N) is 1. The Morgan fingerprint density at radius 1 is 1.06 bits per heavy atom. The molecule has 0 radical (unpaired) electrons. The van der Waals surface area contributed by atoms with Crippen molar-refractivity contribution in [1.29, 1.82) is 0 Å². The molecule has 0 unspecified atom stereocenters. The van der Waals surface area contributed by atoms with Crippen LogP contribution in [0.5, 0.6) is 0 Å². The Morgan fingerprint density at radius 3 is 2.61 bits per heavy atom. The van der Waals surface area contributed by atoms with E-state index in [1.807, 2.05) is 12.1 Å². The van der Waals surface area contributed by atoms with Crippen LogP contribution in [0, 0.1) is 0 Å². The monoisotopic (exact) mass is 241 g/mol. The molecule has 1 saturated carbocycles. The predicted molar refractivity (Wildman–Crippen MR) is 73.6 cm³/mol. The molecule has 3 heteroatoms. The Kier molecular flexibility index (Phi) is 3.24. The van der Waals surface area contributed by atoms with E-state index >= 15 is 0 Å². The first-order valence-electron chi connectivity index (χ1n) is 6.76. The molecule has 0 saturated heterocycles. The van der Waals surface area contributed by atoms with Crippen LogP contribution in [0.3, 0.4) is 0 Å². The highest BCUT2D eigenvalue weighted by Gasteiger charge is 2.22. The van der Waals surface area contributed by atoms with Crippen LogP contribution in [-0.2, 0) is 0 Å². The van der Waals surface area contributed by atoms with Crippen molar-refractivity contribution >= 4 is 10.9 Å². The van der Waals surface area contributed by atoms with Crippen molar-refractivity contribution in [3.63, 3.8) is 0 Å². The maximum absolute atomic E-state index is 4.41. The zero-order chi connectivity index (χ0) is 12.4. The van der Waals surface area contributed by atoms with Gasteiger partial charge in [-0.3, -0.25) is 0 Å². The maximum Gasteiger partial charge on any atom is 0.0929 e. The van der Waals surface area contributed by atoms with Gasteiger partial charge < -0.3 is 5.32 Å². The summed E-state index contributed by atoms with van der Waals surface area (Å²) in [6.45, 7) is 0. The molecule has 1 aliphatic rings. The fourth-order valence-corrected chi connectivity index (χ4v) is 2.88. The molecule has 0 spiro atoms. The standard InChI is InChI=1S/C15H19N3/c1-16-13-8-6-11(7-9-13)15-10-12-4-2-3-5-14(12)17-18-15/h2-5,10-11,13,16H,6-9H2,1H3. The molecule has 0 amide bonds. The third-order valence-corrected chi connectivity index (χ3v) is 4.07. The van der Waals surface area contributed by atoms with Crippen LogP contribution < -0.4 is 5.32 Å². The second-order valence-electron chi connectivity index (χ2n) is 5.17. The lowest BCUT2D eigenvalue weighted by molar-refractivity contribution is 0.354. The fraction of sp³-hybridized carbons (Fsp3) is 0.467. The van der Waals surface area contributed by atoms with Gasteiger partial charge in [0, 0.05) is 17.3 Å². The minimum absolute atomic E-state index is 0.590. The number of nitrogens with zero attached hydrogens (tertiary/aromatic N) is 2. The van der Waals surface area contributed by atoms with Gasteiger partial charge in [0.2, 0.25) is 0 Å². The molecular weight excluding hydrogens is 222 g/mol. The molecule has 1 aromatic carbocycles. The van der Waals surface area contributed by atoms with Crippen LogP contribution in [0.25, 0.3) is 10.9 Å². The van der Waals surface area contributed by atoms with E-state index in [0.717, 1.165) is 5.52 Å². The smallest absolute Gasteiger partial charge is 0.0929 e. The van der Waals surface area contributed by atoms with Crippen LogP contribution in [0.1, 0.15) is 37.3 Å². The van der Waals surface area contributed by atoms with Crippen molar-refractivity contribution in [3.8, 4) is 0 Å². The average Bonchev–Trinajstić information content (AvgIpc) is 2.47. The van der Waals surface area contributed by atoms with Gasteiger partial charge in [0.25, 0.3) is 0 Å². The van der Waals surface area contributed by atoms with Gasteiger partial charge in [-0.2, -0.15) is 10.2 Å². The van der Waals surface area contributed by atoms with E-state index in [-0.39, 0.29) is 0 Å². The highest BCUT2D eigenvalue weighted by atomic mass is 15.1. The first-order chi connectivity index (χ1) is 8.86. The lowest BCUT2D eigenvalue weighted by Gasteiger charge is -2.27. The van der Waals surface area contributed by atoms with Crippen molar-refractivity contribution in [2.45, 2.75) is 37.6 Å². The molecule has 3 nitrogen and oxygen atoms in total. The van der Waals surface area contributed by atoms with E-state index in [9.17, 15) is 0 Å². The summed E-state index contributed by atoms with van der Waals surface area (Å²) >= 11 is 0. The summed E-state index contributed by atoms with van der Waals surface area (Å²) < 4.78 is 0. The highest BCUT2D eigenvalue weighted by Crippen LogP contribution is 2.32.